The second-order valence-electron chi connectivity index (χ2n) is 6.19. The summed E-state index contributed by atoms with van der Waals surface area (Å²) >= 11 is 0. The third kappa shape index (κ3) is 3.92. The Bertz CT molecular complexity index is 946. The van der Waals surface area contributed by atoms with Crippen LogP contribution in [-0.2, 0) is 19.7 Å². The van der Waals surface area contributed by atoms with Crippen molar-refractivity contribution in [3.8, 4) is 5.75 Å². The normalized spacial score (nSPS) is 10.9. The molecular weight excluding hydrogens is 322 g/mol. The highest BCUT2D eigenvalue weighted by Gasteiger charge is 2.05. The van der Waals surface area contributed by atoms with Gasteiger partial charge in [-0.1, -0.05) is 60.7 Å². The zero-order valence-electron chi connectivity index (χ0n) is 14.5. The van der Waals surface area contributed by atoms with E-state index in [1.54, 1.807) is 0 Å². The minimum atomic E-state index is 0.571. The average molecular weight is 343 g/mol. The maximum absolute atomic E-state index is 6.01. The molecule has 4 nitrogen and oxygen atoms in total. The van der Waals surface area contributed by atoms with Crippen LogP contribution in [-0.4, -0.2) is 9.97 Å². The Balaban J connectivity index is 1.37. The lowest BCUT2D eigenvalue weighted by Gasteiger charge is -2.12. The highest BCUT2D eigenvalue weighted by molar-refractivity contribution is 5.74. The molecule has 0 spiro atoms. The van der Waals surface area contributed by atoms with E-state index in [1.165, 1.54) is 0 Å². The number of ether oxygens (including phenoxy) is 1. The van der Waals surface area contributed by atoms with Gasteiger partial charge in [0.1, 0.15) is 18.2 Å². The van der Waals surface area contributed by atoms with Crippen molar-refractivity contribution in [2.24, 2.45) is 0 Å². The number of hydrogen-bond acceptors (Lipinski definition) is 3. The molecule has 0 saturated carbocycles. The van der Waals surface area contributed by atoms with Crippen molar-refractivity contribution < 1.29 is 4.74 Å². The standard InChI is InChI=1S/C22H21N3O/c1-2-8-17(9-3-1)16-26-21-13-7-4-10-18(21)14-23-15-22-24-19-11-5-6-12-20(19)25-22/h1-13,23H,14-16H2,(H,24,25). The maximum atomic E-state index is 6.01. The van der Waals surface area contributed by atoms with Gasteiger partial charge in [0.2, 0.25) is 0 Å². The lowest BCUT2D eigenvalue weighted by Crippen LogP contribution is -2.14. The summed E-state index contributed by atoms with van der Waals surface area (Å²) in [5.41, 5.74) is 4.36. The van der Waals surface area contributed by atoms with Crippen LogP contribution in [0.25, 0.3) is 11.0 Å². The Labute approximate surface area is 152 Å². The fourth-order valence-electron chi connectivity index (χ4n) is 2.93. The van der Waals surface area contributed by atoms with Gasteiger partial charge < -0.3 is 15.0 Å². The van der Waals surface area contributed by atoms with E-state index in [9.17, 15) is 0 Å². The Kier molecular flexibility index (Phi) is 4.94. The SMILES string of the molecule is c1ccc(COc2ccccc2CNCc2nc3ccccc3[nH]2)cc1. The molecule has 0 aliphatic rings. The number of fused-ring (bicyclic) bond motifs is 1. The Morgan fingerprint density at radius 1 is 0.808 bits per heavy atom. The van der Waals surface area contributed by atoms with Crippen LogP contribution in [0.3, 0.4) is 0 Å². The zero-order valence-corrected chi connectivity index (χ0v) is 14.5. The third-order valence-electron chi connectivity index (χ3n) is 4.26. The molecule has 1 aromatic heterocycles. The number of aromatic amines is 1. The molecule has 0 saturated heterocycles. The molecule has 26 heavy (non-hydrogen) atoms. The van der Waals surface area contributed by atoms with E-state index in [0.29, 0.717) is 13.2 Å². The number of benzene rings is 3. The number of aromatic nitrogens is 2. The number of imidazole rings is 1. The molecule has 1 heterocycles. The van der Waals surface area contributed by atoms with E-state index in [0.717, 1.165) is 40.3 Å². The maximum Gasteiger partial charge on any atom is 0.124 e. The van der Waals surface area contributed by atoms with E-state index in [1.807, 2.05) is 60.7 Å². The molecule has 0 aliphatic carbocycles. The van der Waals surface area contributed by atoms with Crippen LogP contribution in [0.4, 0.5) is 0 Å². The lowest BCUT2D eigenvalue weighted by molar-refractivity contribution is 0.302. The van der Waals surface area contributed by atoms with E-state index in [2.05, 4.69) is 33.5 Å². The molecule has 4 rings (SSSR count). The molecule has 0 amide bonds. The van der Waals surface area contributed by atoms with Crippen molar-refractivity contribution in [2.75, 3.05) is 0 Å². The van der Waals surface area contributed by atoms with Crippen molar-refractivity contribution >= 4 is 11.0 Å². The van der Waals surface area contributed by atoms with E-state index >= 15 is 0 Å². The zero-order chi connectivity index (χ0) is 17.6. The first-order chi connectivity index (χ1) is 12.9. The van der Waals surface area contributed by atoms with Gasteiger partial charge in [0.05, 0.1) is 17.6 Å². The number of nitrogens with one attached hydrogen (secondary N) is 2. The lowest BCUT2D eigenvalue weighted by atomic mass is 10.2. The van der Waals surface area contributed by atoms with Gasteiger partial charge in [-0.2, -0.15) is 0 Å². The van der Waals surface area contributed by atoms with Crippen LogP contribution in [0, 0.1) is 0 Å². The minimum Gasteiger partial charge on any atom is -0.489 e. The van der Waals surface area contributed by atoms with Crippen molar-refractivity contribution in [3.05, 3.63) is 95.8 Å². The summed E-state index contributed by atoms with van der Waals surface area (Å²) in [6, 6.07) is 26.4. The molecule has 2 N–H and O–H groups in total. The van der Waals surface area contributed by atoms with E-state index < -0.39 is 0 Å². The second kappa shape index (κ2) is 7.85. The molecule has 0 unspecified atom stereocenters. The van der Waals surface area contributed by atoms with Gasteiger partial charge in [0.25, 0.3) is 0 Å². The van der Waals surface area contributed by atoms with Gasteiger partial charge in [0, 0.05) is 12.1 Å². The molecule has 3 aromatic carbocycles. The molecule has 0 fully saturated rings. The molecule has 0 atom stereocenters. The fourth-order valence-corrected chi connectivity index (χ4v) is 2.93. The van der Waals surface area contributed by atoms with Crippen LogP contribution >= 0.6 is 0 Å². The first-order valence-corrected chi connectivity index (χ1v) is 8.77. The third-order valence-corrected chi connectivity index (χ3v) is 4.26. The summed E-state index contributed by atoms with van der Waals surface area (Å²) in [5.74, 6) is 1.85. The van der Waals surface area contributed by atoms with Gasteiger partial charge in [0.15, 0.2) is 0 Å². The molecule has 0 bridgehead atoms. The smallest absolute Gasteiger partial charge is 0.124 e. The monoisotopic (exact) mass is 343 g/mol. The Morgan fingerprint density at radius 2 is 1.58 bits per heavy atom. The van der Waals surface area contributed by atoms with Crippen molar-refractivity contribution in [2.45, 2.75) is 19.7 Å². The Morgan fingerprint density at radius 3 is 2.46 bits per heavy atom. The summed E-state index contributed by atoms with van der Waals surface area (Å²) < 4.78 is 6.01. The van der Waals surface area contributed by atoms with Crippen LogP contribution in [0.5, 0.6) is 5.75 Å². The summed E-state index contributed by atoms with van der Waals surface area (Å²) in [4.78, 5) is 7.93. The van der Waals surface area contributed by atoms with E-state index in [-0.39, 0.29) is 0 Å². The van der Waals surface area contributed by atoms with Crippen LogP contribution in [0.15, 0.2) is 78.9 Å². The Hall–Kier alpha value is -3.11. The predicted molar refractivity (Wildman–Crippen MR) is 104 cm³/mol. The average Bonchev–Trinajstić information content (AvgIpc) is 3.11. The molecule has 0 aliphatic heterocycles. The predicted octanol–water partition coefficient (Wildman–Crippen LogP) is 4.43. The van der Waals surface area contributed by atoms with Gasteiger partial charge in [-0.25, -0.2) is 4.98 Å². The van der Waals surface area contributed by atoms with Gasteiger partial charge in [-0.05, 0) is 23.8 Å². The second-order valence-corrected chi connectivity index (χ2v) is 6.19. The van der Waals surface area contributed by atoms with Crippen LogP contribution < -0.4 is 10.1 Å². The van der Waals surface area contributed by atoms with Gasteiger partial charge in [-0.3, -0.25) is 0 Å². The number of hydrogen-bond donors (Lipinski definition) is 2. The largest absolute Gasteiger partial charge is 0.489 e. The number of nitrogens with zero attached hydrogens (tertiary/aromatic N) is 1. The first kappa shape index (κ1) is 16.4. The van der Waals surface area contributed by atoms with Gasteiger partial charge in [-0.15, -0.1) is 0 Å². The molecule has 4 heteroatoms. The summed E-state index contributed by atoms with van der Waals surface area (Å²) in [6.45, 7) is 1.98. The van der Waals surface area contributed by atoms with Gasteiger partial charge >= 0.3 is 0 Å². The van der Waals surface area contributed by atoms with Crippen molar-refractivity contribution in [3.63, 3.8) is 0 Å². The molecule has 130 valence electrons. The summed E-state index contributed by atoms with van der Waals surface area (Å²) in [5, 5.41) is 3.44. The summed E-state index contributed by atoms with van der Waals surface area (Å²) in [6.07, 6.45) is 0. The quantitative estimate of drug-likeness (QED) is 0.522. The highest BCUT2D eigenvalue weighted by Crippen LogP contribution is 2.19. The molecule has 0 radical (unpaired) electrons. The minimum absolute atomic E-state index is 0.571. The fraction of sp³-hybridized carbons (Fsp3) is 0.136. The van der Waals surface area contributed by atoms with Crippen molar-refractivity contribution in [1.29, 1.82) is 0 Å². The van der Waals surface area contributed by atoms with E-state index in [4.69, 9.17) is 4.74 Å². The number of H-pyrrole nitrogens is 1. The topological polar surface area (TPSA) is 49.9 Å². The number of rotatable bonds is 7. The van der Waals surface area contributed by atoms with Crippen molar-refractivity contribution in [1.82, 2.24) is 15.3 Å². The van der Waals surface area contributed by atoms with Crippen LogP contribution in [0.2, 0.25) is 0 Å². The molecular formula is C22H21N3O. The molecule has 4 aromatic rings. The summed E-state index contributed by atoms with van der Waals surface area (Å²) in [7, 11) is 0. The first-order valence-electron chi connectivity index (χ1n) is 8.77. The number of para-hydroxylation sites is 3. The highest BCUT2D eigenvalue weighted by atomic mass is 16.5. The van der Waals surface area contributed by atoms with Crippen LogP contribution in [0.1, 0.15) is 17.0 Å².